The molecule has 0 fully saturated rings. The summed E-state index contributed by atoms with van der Waals surface area (Å²) in [4.78, 5) is 32.5. The van der Waals surface area contributed by atoms with Crippen molar-refractivity contribution in [2.45, 2.75) is 39.3 Å². The molecule has 2 heterocycles. The van der Waals surface area contributed by atoms with E-state index in [4.69, 9.17) is 18.9 Å². The number of hydrogen-bond donors (Lipinski definition) is 0. The quantitative estimate of drug-likeness (QED) is 0.172. The maximum atomic E-state index is 13.9. The molecule has 44 heavy (non-hydrogen) atoms. The molecule has 0 N–H and O–H groups in total. The van der Waals surface area contributed by atoms with Crippen LogP contribution in [0.1, 0.15) is 55.0 Å². The van der Waals surface area contributed by atoms with E-state index in [0.29, 0.717) is 33.1 Å². The van der Waals surface area contributed by atoms with Gasteiger partial charge in [-0.15, -0.1) is 0 Å². The van der Waals surface area contributed by atoms with Gasteiger partial charge in [0.15, 0.2) is 4.80 Å². The molecule has 1 aromatic heterocycles. The van der Waals surface area contributed by atoms with Gasteiger partial charge in [-0.1, -0.05) is 73.7 Å². The lowest BCUT2D eigenvalue weighted by Crippen LogP contribution is -2.40. The zero-order valence-corrected chi connectivity index (χ0v) is 26.4. The maximum absolute atomic E-state index is 13.9. The molecule has 0 spiro atoms. The summed E-state index contributed by atoms with van der Waals surface area (Å²) in [5, 5.41) is 0. The van der Waals surface area contributed by atoms with E-state index in [0.717, 1.165) is 28.2 Å². The van der Waals surface area contributed by atoms with Crippen molar-refractivity contribution in [3.05, 3.63) is 126 Å². The molecular formula is C35H36N2O6S. The molecule has 1 aliphatic rings. The first-order valence-corrected chi connectivity index (χ1v) is 15.2. The van der Waals surface area contributed by atoms with Crippen LogP contribution in [0.25, 0.3) is 6.08 Å². The Hall–Kier alpha value is -4.47. The summed E-state index contributed by atoms with van der Waals surface area (Å²) < 4.78 is 23.8. The molecule has 0 aliphatic carbocycles. The number of thiazole rings is 1. The van der Waals surface area contributed by atoms with Gasteiger partial charge in [-0.3, -0.25) is 9.36 Å². The van der Waals surface area contributed by atoms with Crippen LogP contribution in [0, 0.1) is 0 Å². The standard InChI is InChI=1S/C35H36N2O6S/c1-22(2)26-10-12-27(13-11-26)32-31(34(39)42-19-18-40-4)23(3)36-35-37(32)33(38)30(44-35)20-24-6-16-29(17-7-24)43-21-25-8-14-28(41-5)15-9-25/h6-17,20,22,32H,18-19,21H2,1-5H3. The van der Waals surface area contributed by atoms with E-state index in [1.807, 2.05) is 78.9 Å². The van der Waals surface area contributed by atoms with Crippen molar-refractivity contribution < 1.29 is 23.7 Å². The first-order chi connectivity index (χ1) is 21.3. The number of benzene rings is 3. The summed E-state index contributed by atoms with van der Waals surface area (Å²) in [7, 11) is 3.19. The second-order valence-electron chi connectivity index (χ2n) is 10.7. The molecule has 0 saturated carbocycles. The van der Waals surface area contributed by atoms with Crippen LogP contribution in [-0.4, -0.2) is 38.0 Å². The molecule has 9 heteroatoms. The minimum Gasteiger partial charge on any atom is -0.497 e. The number of ether oxygens (including phenoxy) is 4. The molecule has 4 aromatic rings. The van der Waals surface area contributed by atoms with Gasteiger partial charge >= 0.3 is 5.97 Å². The predicted octanol–water partition coefficient (Wildman–Crippen LogP) is 5.14. The fraction of sp³-hybridized carbons (Fsp3) is 0.286. The second kappa shape index (κ2) is 13.9. The van der Waals surface area contributed by atoms with Crippen molar-refractivity contribution in [1.82, 2.24) is 4.57 Å². The van der Waals surface area contributed by atoms with Crippen molar-refractivity contribution in [2.24, 2.45) is 4.99 Å². The Kier molecular flexibility index (Phi) is 9.77. The van der Waals surface area contributed by atoms with Crippen molar-refractivity contribution in [2.75, 3.05) is 27.4 Å². The van der Waals surface area contributed by atoms with Gasteiger partial charge in [0.05, 0.1) is 35.6 Å². The lowest BCUT2D eigenvalue weighted by molar-refractivity contribution is -0.140. The number of fused-ring (bicyclic) bond motifs is 1. The summed E-state index contributed by atoms with van der Waals surface area (Å²) in [6.45, 7) is 6.84. The van der Waals surface area contributed by atoms with Crippen molar-refractivity contribution in [1.29, 1.82) is 0 Å². The lowest BCUT2D eigenvalue weighted by atomic mass is 9.93. The van der Waals surface area contributed by atoms with Crippen LogP contribution >= 0.6 is 11.3 Å². The Morgan fingerprint density at radius 3 is 2.27 bits per heavy atom. The highest BCUT2D eigenvalue weighted by atomic mass is 32.1. The summed E-state index contributed by atoms with van der Waals surface area (Å²) in [5.41, 5.74) is 4.51. The molecule has 1 aliphatic heterocycles. The Bertz CT molecular complexity index is 1820. The average molecular weight is 613 g/mol. The van der Waals surface area contributed by atoms with Crippen LogP contribution in [0.15, 0.2) is 93.9 Å². The van der Waals surface area contributed by atoms with Crippen LogP contribution in [-0.2, 0) is 20.9 Å². The highest BCUT2D eigenvalue weighted by Gasteiger charge is 2.33. The molecule has 3 aromatic carbocycles. The van der Waals surface area contributed by atoms with Crippen LogP contribution in [0.2, 0.25) is 0 Å². The smallest absolute Gasteiger partial charge is 0.338 e. The predicted molar refractivity (Wildman–Crippen MR) is 171 cm³/mol. The number of methoxy groups -OCH3 is 2. The molecular weight excluding hydrogens is 576 g/mol. The third kappa shape index (κ3) is 6.85. The number of hydrogen-bond acceptors (Lipinski definition) is 8. The third-order valence-electron chi connectivity index (χ3n) is 7.42. The highest BCUT2D eigenvalue weighted by Crippen LogP contribution is 2.31. The number of esters is 1. The van der Waals surface area contributed by atoms with Crippen LogP contribution in [0.5, 0.6) is 11.5 Å². The number of carbonyl (C=O) groups is 1. The first-order valence-electron chi connectivity index (χ1n) is 14.4. The first kappa shape index (κ1) is 31.0. The normalized spacial score (nSPS) is 14.8. The van der Waals surface area contributed by atoms with Crippen molar-refractivity contribution >= 4 is 23.4 Å². The Morgan fingerprint density at radius 2 is 1.64 bits per heavy atom. The monoisotopic (exact) mass is 612 g/mol. The van der Waals surface area contributed by atoms with Crippen LogP contribution < -0.4 is 24.4 Å². The zero-order valence-electron chi connectivity index (χ0n) is 25.5. The summed E-state index contributed by atoms with van der Waals surface area (Å²) >= 11 is 1.30. The van der Waals surface area contributed by atoms with E-state index in [-0.39, 0.29) is 18.8 Å². The fourth-order valence-electron chi connectivity index (χ4n) is 4.96. The number of rotatable bonds is 11. The SMILES string of the molecule is COCCOC(=O)C1=C(C)N=c2sc(=Cc3ccc(OCc4ccc(OC)cc4)cc3)c(=O)n2C1c1ccc(C(C)C)cc1. The van der Waals surface area contributed by atoms with Crippen LogP contribution in [0.3, 0.4) is 0 Å². The Labute approximate surface area is 260 Å². The van der Waals surface area contributed by atoms with E-state index in [1.165, 1.54) is 16.9 Å². The number of allylic oxidation sites excluding steroid dienone is 1. The van der Waals surface area contributed by atoms with E-state index in [2.05, 4.69) is 18.8 Å². The van der Waals surface area contributed by atoms with Crippen molar-refractivity contribution in [3.63, 3.8) is 0 Å². The fourth-order valence-corrected chi connectivity index (χ4v) is 6.00. The van der Waals surface area contributed by atoms with Crippen molar-refractivity contribution in [3.8, 4) is 11.5 Å². The summed E-state index contributed by atoms with van der Waals surface area (Å²) in [6, 6.07) is 22.7. The molecule has 228 valence electrons. The van der Waals surface area contributed by atoms with Crippen LogP contribution in [0.4, 0.5) is 0 Å². The van der Waals surface area contributed by atoms with E-state index >= 15 is 0 Å². The van der Waals surface area contributed by atoms with Gasteiger partial charge in [0.1, 0.15) is 24.7 Å². The lowest BCUT2D eigenvalue weighted by Gasteiger charge is -2.25. The van der Waals surface area contributed by atoms with E-state index in [9.17, 15) is 9.59 Å². The van der Waals surface area contributed by atoms with Gasteiger partial charge in [0.25, 0.3) is 5.56 Å². The maximum Gasteiger partial charge on any atom is 0.338 e. The molecule has 1 atom stereocenters. The van der Waals surface area contributed by atoms with E-state index in [1.54, 1.807) is 25.7 Å². The molecule has 5 rings (SSSR count). The minimum atomic E-state index is -0.668. The van der Waals surface area contributed by atoms with Gasteiger partial charge < -0.3 is 18.9 Å². The molecule has 0 saturated heterocycles. The molecule has 1 unspecified atom stereocenters. The number of carbonyl (C=O) groups excluding carboxylic acids is 1. The van der Waals surface area contributed by atoms with Gasteiger partial charge in [-0.2, -0.15) is 0 Å². The highest BCUT2D eigenvalue weighted by molar-refractivity contribution is 7.07. The minimum absolute atomic E-state index is 0.106. The second-order valence-corrected chi connectivity index (χ2v) is 11.7. The molecule has 8 nitrogen and oxygen atoms in total. The summed E-state index contributed by atoms with van der Waals surface area (Å²) in [6.07, 6.45) is 1.84. The Balaban J connectivity index is 1.46. The molecule has 0 bridgehead atoms. The van der Waals surface area contributed by atoms with Gasteiger partial charge in [-0.05, 0) is 65.4 Å². The molecule has 0 amide bonds. The summed E-state index contributed by atoms with van der Waals surface area (Å²) in [5.74, 6) is 1.35. The Morgan fingerprint density at radius 1 is 0.955 bits per heavy atom. The van der Waals surface area contributed by atoms with Gasteiger partial charge in [-0.25, -0.2) is 9.79 Å². The topological polar surface area (TPSA) is 88.4 Å². The number of aromatic nitrogens is 1. The zero-order chi connectivity index (χ0) is 31.2. The average Bonchev–Trinajstić information content (AvgIpc) is 3.34. The molecule has 0 radical (unpaired) electrons. The largest absolute Gasteiger partial charge is 0.497 e. The third-order valence-corrected chi connectivity index (χ3v) is 8.41. The van der Waals surface area contributed by atoms with Gasteiger partial charge in [0.2, 0.25) is 0 Å². The number of nitrogens with zero attached hydrogens (tertiary/aromatic N) is 2. The van der Waals surface area contributed by atoms with E-state index < -0.39 is 12.0 Å². The van der Waals surface area contributed by atoms with Gasteiger partial charge in [0, 0.05) is 7.11 Å².